The summed E-state index contributed by atoms with van der Waals surface area (Å²) in [4.78, 5) is 39.6. The first-order chi connectivity index (χ1) is 11.0. The molecule has 122 valence electrons. The lowest BCUT2D eigenvalue weighted by atomic mass is 10.1. The molecule has 0 saturated carbocycles. The fourth-order valence-corrected chi connectivity index (χ4v) is 4.21. The minimum Gasteiger partial charge on any atom is -0.467 e. The smallest absolute Gasteiger partial charge is 0.339 e. The number of halogens is 1. The molecule has 0 aliphatic carbocycles. The van der Waals surface area contributed by atoms with Crippen molar-refractivity contribution in [3.8, 4) is 0 Å². The Bertz CT molecular complexity index is 651. The number of hydrogen-bond donors (Lipinski definition) is 0. The van der Waals surface area contributed by atoms with Gasteiger partial charge in [0.1, 0.15) is 12.6 Å². The molecule has 0 radical (unpaired) electrons. The Labute approximate surface area is 142 Å². The Morgan fingerprint density at radius 2 is 2.04 bits per heavy atom. The average Bonchev–Trinajstić information content (AvgIpc) is 2.99. The van der Waals surface area contributed by atoms with Crippen LogP contribution >= 0.6 is 23.4 Å². The van der Waals surface area contributed by atoms with E-state index in [2.05, 4.69) is 0 Å². The summed E-state index contributed by atoms with van der Waals surface area (Å²) in [5, 5.41) is -0.104. The van der Waals surface area contributed by atoms with E-state index in [0.29, 0.717) is 17.3 Å². The molecule has 2 aliphatic heterocycles. The number of piperazine rings is 1. The number of rotatable bonds is 3. The van der Waals surface area contributed by atoms with Crippen LogP contribution < -0.4 is 0 Å². The van der Waals surface area contributed by atoms with Crippen molar-refractivity contribution >= 4 is 41.1 Å². The number of hydrogen-bond acceptors (Lipinski definition) is 5. The number of carbonyl (C=O) groups is 3. The molecular formula is C15H15ClN2O4S. The highest BCUT2D eigenvalue weighted by Gasteiger charge is 2.50. The molecule has 1 aromatic carbocycles. The largest absolute Gasteiger partial charge is 0.467 e. The lowest BCUT2D eigenvalue weighted by molar-refractivity contribution is -0.160. The molecule has 2 amide bonds. The van der Waals surface area contributed by atoms with E-state index in [0.717, 1.165) is 5.56 Å². The Hall–Kier alpha value is -1.73. The normalized spacial score (nSPS) is 23.9. The average molecular weight is 355 g/mol. The third-order valence-electron chi connectivity index (χ3n) is 3.90. The summed E-state index contributed by atoms with van der Waals surface area (Å²) >= 11 is 7.11. The summed E-state index contributed by atoms with van der Waals surface area (Å²) in [7, 11) is 1.28. The number of benzene rings is 1. The fraction of sp³-hybridized carbons (Fsp3) is 0.400. The lowest BCUT2D eigenvalue weighted by Crippen LogP contribution is -2.60. The Balaban J connectivity index is 1.76. The molecule has 0 unspecified atom stereocenters. The van der Waals surface area contributed by atoms with Crippen molar-refractivity contribution in [1.29, 1.82) is 0 Å². The van der Waals surface area contributed by atoms with E-state index in [-0.39, 0.29) is 18.4 Å². The van der Waals surface area contributed by atoms with E-state index in [1.807, 2.05) is 12.1 Å². The molecule has 0 spiro atoms. The van der Waals surface area contributed by atoms with Gasteiger partial charge >= 0.3 is 5.97 Å². The number of thioether (sulfide) groups is 1. The second kappa shape index (κ2) is 6.41. The van der Waals surface area contributed by atoms with Gasteiger partial charge in [-0.1, -0.05) is 23.7 Å². The summed E-state index contributed by atoms with van der Waals surface area (Å²) in [5.41, 5.74) is 0.902. The number of esters is 1. The summed E-state index contributed by atoms with van der Waals surface area (Å²) in [6, 6.07) is 6.55. The van der Waals surface area contributed by atoms with Crippen molar-refractivity contribution in [2.24, 2.45) is 0 Å². The topological polar surface area (TPSA) is 66.9 Å². The van der Waals surface area contributed by atoms with Gasteiger partial charge in [-0.2, -0.15) is 0 Å². The zero-order chi connectivity index (χ0) is 16.6. The van der Waals surface area contributed by atoms with Crippen molar-refractivity contribution in [3.63, 3.8) is 0 Å². The van der Waals surface area contributed by atoms with Gasteiger partial charge in [0, 0.05) is 17.3 Å². The first-order valence-electron chi connectivity index (χ1n) is 7.05. The second-order valence-electron chi connectivity index (χ2n) is 5.35. The molecule has 23 heavy (non-hydrogen) atoms. The molecule has 0 aromatic heterocycles. The molecule has 2 aliphatic rings. The molecule has 2 saturated heterocycles. The molecule has 3 rings (SSSR count). The zero-order valence-electron chi connectivity index (χ0n) is 12.4. The van der Waals surface area contributed by atoms with Crippen molar-refractivity contribution in [2.75, 3.05) is 19.4 Å². The minimum atomic E-state index is -0.723. The first-order valence-corrected chi connectivity index (χ1v) is 8.47. The SMILES string of the molecule is COC(=O)[C@@H]1SC[C@@H]2C(=O)N(Cc3ccc(Cl)cc3)CC(=O)N21. The van der Waals surface area contributed by atoms with Gasteiger partial charge in [-0.3, -0.25) is 9.59 Å². The molecule has 2 fully saturated rings. The fourth-order valence-electron chi connectivity index (χ4n) is 2.76. The molecular weight excluding hydrogens is 340 g/mol. The summed E-state index contributed by atoms with van der Waals surface area (Å²) in [5.74, 6) is -0.464. The quantitative estimate of drug-likeness (QED) is 0.761. The van der Waals surface area contributed by atoms with Crippen molar-refractivity contribution < 1.29 is 19.1 Å². The summed E-state index contributed by atoms with van der Waals surface area (Å²) in [6.45, 7) is 0.311. The van der Waals surface area contributed by atoms with Crippen LogP contribution in [0.4, 0.5) is 0 Å². The van der Waals surface area contributed by atoms with Gasteiger partial charge in [0.15, 0.2) is 5.37 Å². The Kier molecular flexibility index (Phi) is 4.50. The molecule has 6 nitrogen and oxygen atoms in total. The van der Waals surface area contributed by atoms with Crippen LogP contribution in [0.25, 0.3) is 0 Å². The molecule has 8 heteroatoms. The van der Waals surface area contributed by atoms with Gasteiger partial charge in [-0.05, 0) is 17.7 Å². The third kappa shape index (κ3) is 3.03. The predicted octanol–water partition coefficient (Wildman–Crippen LogP) is 1.13. The van der Waals surface area contributed by atoms with Crippen LogP contribution in [0, 0.1) is 0 Å². The van der Waals surface area contributed by atoms with Crippen LogP contribution in [0.2, 0.25) is 5.02 Å². The third-order valence-corrected chi connectivity index (χ3v) is 5.40. The van der Waals surface area contributed by atoms with Gasteiger partial charge in [-0.15, -0.1) is 11.8 Å². The van der Waals surface area contributed by atoms with Crippen molar-refractivity contribution in [2.45, 2.75) is 18.0 Å². The van der Waals surface area contributed by atoms with Crippen LogP contribution in [0.15, 0.2) is 24.3 Å². The van der Waals surface area contributed by atoms with Gasteiger partial charge in [-0.25, -0.2) is 4.79 Å². The first kappa shape index (κ1) is 16.1. The Morgan fingerprint density at radius 1 is 1.35 bits per heavy atom. The van der Waals surface area contributed by atoms with E-state index in [1.165, 1.54) is 28.7 Å². The van der Waals surface area contributed by atoms with E-state index in [9.17, 15) is 14.4 Å². The number of nitrogens with zero attached hydrogens (tertiary/aromatic N) is 2. The molecule has 1 aromatic rings. The number of carbonyl (C=O) groups excluding carboxylic acids is 3. The molecule has 0 bridgehead atoms. The van der Waals surface area contributed by atoms with Crippen molar-refractivity contribution in [1.82, 2.24) is 9.80 Å². The Morgan fingerprint density at radius 3 is 2.70 bits per heavy atom. The van der Waals surface area contributed by atoms with E-state index >= 15 is 0 Å². The monoisotopic (exact) mass is 354 g/mol. The standard InChI is InChI=1S/C15H15ClN2O4S/c1-22-15(21)14-18-11(8-23-14)13(20)17(7-12(18)19)6-9-2-4-10(16)5-3-9/h2-5,11,14H,6-8H2,1H3/t11-,14+/m1/s1. The predicted molar refractivity (Wildman–Crippen MR) is 85.8 cm³/mol. The number of fused-ring (bicyclic) bond motifs is 1. The van der Waals surface area contributed by atoms with Crippen LogP contribution in [0.3, 0.4) is 0 Å². The van der Waals surface area contributed by atoms with Crippen LogP contribution in [0.5, 0.6) is 0 Å². The highest BCUT2D eigenvalue weighted by Crippen LogP contribution is 2.33. The highest BCUT2D eigenvalue weighted by molar-refractivity contribution is 8.00. The van der Waals surface area contributed by atoms with E-state index in [1.54, 1.807) is 12.1 Å². The minimum absolute atomic E-state index is 0.0357. The van der Waals surface area contributed by atoms with E-state index in [4.69, 9.17) is 16.3 Å². The number of methoxy groups -OCH3 is 1. The zero-order valence-corrected chi connectivity index (χ0v) is 14.0. The highest BCUT2D eigenvalue weighted by atomic mass is 35.5. The van der Waals surface area contributed by atoms with Gasteiger partial charge in [0.05, 0.1) is 7.11 Å². The van der Waals surface area contributed by atoms with Crippen LogP contribution in [0.1, 0.15) is 5.56 Å². The van der Waals surface area contributed by atoms with Crippen LogP contribution in [-0.2, 0) is 25.7 Å². The molecule has 2 heterocycles. The van der Waals surface area contributed by atoms with E-state index < -0.39 is 17.4 Å². The van der Waals surface area contributed by atoms with Gasteiger partial charge in [0.25, 0.3) is 0 Å². The lowest BCUT2D eigenvalue weighted by Gasteiger charge is -2.37. The maximum absolute atomic E-state index is 12.6. The van der Waals surface area contributed by atoms with Crippen molar-refractivity contribution in [3.05, 3.63) is 34.9 Å². The number of amides is 2. The summed E-state index contributed by atoms with van der Waals surface area (Å²) < 4.78 is 4.71. The molecule has 2 atom stereocenters. The second-order valence-corrected chi connectivity index (χ2v) is 6.90. The van der Waals surface area contributed by atoms with Gasteiger partial charge < -0.3 is 14.5 Å². The number of ether oxygens (including phenoxy) is 1. The molecule has 0 N–H and O–H groups in total. The summed E-state index contributed by atoms with van der Waals surface area (Å²) in [6.07, 6.45) is 0. The van der Waals surface area contributed by atoms with Gasteiger partial charge in [0.2, 0.25) is 11.8 Å². The van der Waals surface area contributed by atoms with Crippen LogP contribution in [-0.4, -0.2) is 58.4 Å². The maximum Gasteiger partial charge on any atom is 0.339 e. The maximum atomic E-state index is 12.6.